The van der Waals surface area contributed by atoms with Gasteiger partial charge in [0.05, 0.1) is 25.3 Å². The second-order valence-electron chi connectivity index (χ2n) is 8.80. The largest absolute Gasteiger partial charge is 0.493 e. The Morgan fingerprint density at radius 2 is 1.10 bits per heavy atom. The van der Waals surface area contributed by atoms with Gasteiger partial charge in [-0.2, -0.15) is 0 Å². The zero-order valence-corrected chi connectivity index (χ0v) is 23.3. The summed E-state index contributed by atoms with van der Waals surface area (Å²) in [5, 5.41) is 0. The van der Waals surface area contributed by atoms with Crippen LogP contribution >= 0.6 is 0 Å². The van der Waals surface area contributed by atoms with Crippen LogP contribution < -0.4 is 18.9 Å². The minimum atomic E-state index is -0.710. The molecule has 3 rings (SSSR count). The van der Waals surface area contributed by atoms with Crippen LogP contribution in [0.25, 0.3) is 0 Å². The van der Waals surface area contributed by atoms with Gasteiger partial charge in [0.25, 0.3) is 0 Å². The SMILES string of the molecule is C=CC(=O)OCOc1ccc(C(=O)OC2CCC(OC(=O)c3ccc(OC)c(OC)c3)CC2)cc1OCOC(=O)C=C. The number of carbonyl (C=O) groups excluding carboxylic acids is 4. The van der Waals surface area contributed by atoms with Crippen molar-refractivity contribution in [3.8, 4) is 23.0 Å². The van der Waals surface area contributed by atoms with Crippen molar-refractivity contribution in [2.24, 2.45) is 0 Å². The molecule has 0 heterocycles. The van der Waals surface area contributed by atoms with Crippen molar-refractivity contribution in [2.45, 2.75) is 37.9 Å². The van der Waals surface area contributed by atoms with E-state index in [1.54, 1.807) is 18.2 Å². The van der Waals surface area contributed by atoms with Crippen LogP contribution in [0.2, 0.25) is 0 Å². The molecule has 42 heavy (non-hydrogen) atoms. The fraction of sp³-hybridized carbons (Fsp3) is 0.333. The van der Waals surface area contributed by atoms with E-state index >= 15 is 0 Å². The summed E-state index contributed by atoms with van der Waals surface area (Å²) >= 11 is 0. The van der Waals surface area contributed by atoms with E-state index in [0.717, 1.165) is 12.2 Å². The maximum Gasteiger partial charge on any atom is 0.338 e. The van der Waals surface area contributed by atoms with Gasteiger partial charge >= 0.3 is 23.9 Å². The van der Waals surface area contributed by atoms with Gasteiger partial charge in [-0.3, -0.25) is 0 Å². The molecule has 0 bridgehead atoms. The molecule has 0 unspecified atom stereocenters. The Morgan fingerprint density at radius 3 is 1.55 bits per heavy atom. The lowest BCUT2D eigenvalue weighted by molar-refractivity contribution is -0.146. The summed E-state index contributed by atoms with van der Waals surface area (Å²) in [6.45, 7) is 5.66. The molecule has 0 atom stereocenters. The third-order valence-electron chi connectivity index (χ3n) is 6.13. The summed E-state index contributed by atoms with van der Waals surface area (Å²) in [5.41, 5.74) is 0.488. The summed E-state index contributed by atoms with van der Waals surface area (Å²) in [6, 6.07) is 9.01. The lowest BCUT2D eigenvalue weighted by atomic mass is 9.95. The molecule has 2 aromatic rings. The quantitative estimate of drug-likeness (QED) is 0.136. The topological polar surface area (TPSA) is 142 Å². The Labute approximate surface area is 242 Å². The third kappa shape index (κ3) is 9.01. The highest BCUT2D eigenvalue weighted by molar-refractivity contribution is 5.91. The zero-order chi connectivity index (χ0) is 30.5. The van der Waals surface area contributed by atoms with Gasteiger partial charge in [0.2, 0.25) is 13.6 Å². The third-order valence-corrected chi connectivity index (χ3v) is 6.13. The smallest absolute Gasteiger partial charge is 0.338 e. The van der Waals surface area contributed by atoms with Crippen LogP contribution in [0.3, 0.4) is 0 Å². The van der Waals surface area contributed by atoms with Crippen molar-refractivity contribution in [2.75, 3.05) is 27.8 Å². The van der Waals surface area contributed by atoms with Crippen molar-refractivity contribution < 1.29 is 57.1 Å². The average molecular weight is 585 g/mol. The van der Waals surface area contributed by atoms with Crippen molar-refractivity contribution in [1.82, 2.24) is 0 Å². The Bertz CT molecular complexity index is 1290. The Morgan fingerprint density at radius 1 is 0.667 bits per heavy atom. The van der Waals surface area contributed by atoms with Crippen LogP contribution in [0, 0.1) is 0 Å². The fourth-order valence-electron chi connectivity index (χ4n) is 3.96. The molecule has 12 nitrogen and oxygen atoms in total. The second-order valence-corrected chi connectivity index (χ2v) is 8.80. The Kier molecular flexibility index (Phi) is 11.8. The van der Waals surface area contributed by atoms with Crippen LogP contribution in [0.4, 0.5) is 0 Å². The molecule has 1 saturated carbocycles. The lowest BCUT2D eigenvalue weighted by Gasteiger charge is -2.28. The van der Waals surface area contributed by atoms with Gasteiger partial charge in [-0.1, -0.05) is 13.2 Å². The van der Waals surface area contributed by atoms with Crippen molar-refractivity contribution in [3.05, 3.63) is 72.8 Å². The van der Waals surface area contributed by atoms with E-state index in [4.69, 9.17) is 37.9 Å². The molecule has 0 amide bonds. The fourth-order valence-corrected chi connectivity index (χ4v) is 3.96. The molecule has 12 heteroatoms. The molecule has 1 fully saturated rings. The highest BCUT2D eigenvalue weighted by atomic mass is 16.7. The molecular formula is C30H32O12. The molecule has 0 spiro atoms. The minimum Gasteiger partial charge on any atom is -0.493 e. The van der Waals surface area contributed by atoms with Crippen molar-refractivity contribution >= 4 is 23.9 Å². The number of methoxy groups -OCH3 is 2. The van der Waals surface area contributed by atoms with E-state index in [0.29, 0.717) is 42.7 Å². The molecule has 1 aliphatic carbocycles. The van der Waals surface area contributed by atoms with Crippen LogP contribution in [-0.2, 0) is 28.5 Å². The van der Waals surface area contributed by atoms with Crippen LogP contribution in [-0.4, -0.2) is 63.9 Å². The Hall–Kier alpha value is -5.00. The molecule has 0 saturated heterocycles. The first-order valence-corrected chi connectivity index (χ1v) is 12.9. The van der Waals surface area contributed by atoms with Crippen LogP contribution in [0.1, 0.15) is 46.4 Å². The summed E-state index contributed by atoms with van der Waals surface area (Å²) in [4.78, 5) is 48.1. The first-order valence-electron chi connectivity index (χ1n) is 12.9. The number of rotatable bonds is 14. The highest BCUT2D eigenvalue weighted by Crippen LogP contribution is 2.31. The monoisotopic (exact) mass is 584 g/mol. The summed E-state index contributed by atoms with van der Waals surface area (Å²) in [7, 11) is 2.99. The summed E-state index contributed by atoms with van der Waals surface area (Å²) in [5.74, 6) is -1.41. The summed E-state index contributed by atoms with van der Waals surface area (Å²) in [6.07, 6.45) is 3.23. The number of hydrogen-bond acceptors (Lipinski definition) is 12. The maximum absolute atomic E-state index is 12.9. The lowest BCUT2D eigenvalue weighted by Crippen LogP contribution is -2.29. The summed E-state index contributed by atoms with van der Waals surface area (Å²) < 4.78 is 42.2. The number of carbonyl (C=O) groups is 4. The van der Waals surface area contributed by atoms with Crippen LogP contribution in [0.15, 0.2) is 61.7 Å². The van der Waals surface area contributed by atoms with Gasteiger partial charge in [-0.15, -0.1) is 0 Å². The molecule has 0 N–H and O–H groups in total. The molecule has 0 aliphatic heterocycles. The normalized spacial score (nSPS) is 15.8. The first kappa shape index (κ1) is 31.5. The predicted octanol–water partition coefficient (Wildman–Crippen LogP) is 4.16. The zero-order valence-electron chi connectivity index (χ0n) is 23.3. The molecule has 0 radical (unpaired) electrons. The number of ether oxygens (including phenoxy) is 8. The predicted molar refractivity (Wildman–Crippen MR) is 146 cm³/mol. The standard InChI is InChI=1S/C30H32O12/c1-5-27(31)39-17-37-24-14-8-20(16-26(24)38-18-40-28(32)6-2)30(34)42-22-11-9-21(10-12-22)41-29(33)19-7-13-23(35-3)25(15-19)36-4/h5-8,13-16,21-22H,1-2,9-12,17-18H2,3-4H3. The van der Waals surface area contributed by atoms with E-state index in [1.807, 2.05) is 0 Å². The van der Waals surface area contributed by atoms with Gasteiger partial charge < -0.3 is 37.9 Å². The average Bonchev–Trinajstić information content (AvgIpc) is 3.01. The van der Waals surface area contributed by atoms with E-state index in [1.165, 1.54) is 32.4 Å². The van der Waals surface area contributed by atoms with E-state index < -0.39 is 37.5 Å². The number of hydrogen-bond donors (Lipinski definition) is 0. The number of esters is 4. The molecule has 0 aromatic heterocycles. The minimum absolute atomic E-state index is 0.0433. The van der Waals surface area contributed by atoms with E-state index in [-0.39, 0.29) is 29.3 Å². The van der Waals surface area contributed by atoms with Crippen LogP contribution in [0.5, 0.6) is 23.0 Å². The van der Waals surface area contributed by atoms with Crippen molar-refractivity contribution in [1.29, 1.82) is 0 Å². The highest BCUT2D eigenvalue weighted by Gasteiger charge is 2.28. The van der Waals surface area contributed by atoms with Gasteiger partial charge in [0.15, 0.2) is 23.0 Å². The van der Waals surface area contributed by atoms with Gasteiger partial charge in [-0.05, 0) is 62.1 Å². The molecule has 2 aromatic carbocycles. The second kappa shape index (κ2) is 15.7. The number of benzene rings is 2. The molecular weight excluding hydrogens is 552 g/mol. The molecule has 224 valence electrons. The Balaban J connectivity index is 1.56. The molecule has 1 aliphatic rings. The van der Waals surface area contributed by atoms with E-state index in [2.05, 4.69) is 13.2 Å². The van der Waals surface area contributed by atoms with Crippen molar-refractivity contribution in [3.63, 3.8) is 0 Å². The first-order chi connectivity index (χ1) is 20.3. The van der Waals surface area contributed by atoms with Gasteiger partial charge in [0, 0.05) is 12.2 Å². The van der Waals surface area contributed by atoms with E-state index in [9.17, 15) is 19.2 Å². The maximum atomic E-state index is 12.9. The van der Waals surface area contributed by atoms with Gasteiger partial charge in [-0.25, -0.2) is 19.2 Å². The van der Waals surface area contributed by atoms with Gasteiger partial charge in [0.1, 0.15) is 12.2 Å².